The van der Waals surface area contributed by atoms with Crippen LogP contribution in [0.3, 0.4) is 0 Å². The van der Waals surface area contributed by atoms with E-state index in [4.69, 9.17) is 5.73 Å². The van der Waals surface area contributed by atoms with Gasteiger partial charge in [-0.05, 0) is 29.9 Å². The van der Waals surface area contributed by atoms with Crippen molar-refractivity contribution in [1.82, 2.24) is 5.01 Å². The van der Waals surface area contributed by atoms with Gasteiger partial charge in [-0.3, -0.25) is 0 Å². The summed E-state index contributed by atoms with van der Waals surface area (Å²) >= 11 is 4.63. The predicted octanol–water partition coefficient (Wildman–Crippen LogP) is 2.21. The Kier molecular flexibility index (Phi) is 4.06. The van der Waals surface area contributed by atoms with Crippen LogP contribution < -0.4 is 5.73 Å². The van der Waals surface area contributed by atoms with Gasteiger partial charge in [0.1, 0.15) is 0 Å². The summed E-state index contributed by atoms with van der Waals surface area (Å²) in [7, 11) is 1.51. The Morgan fingerprint density at radius 2 is 2.12 bits per heavy atom. The van der Waals surface area contributed by atoms with Gasteiger partial charge in [-0.15, -0.1) is 0 Å². The van der Waals surface area contributed by atoms with Gasteiger partial charge in [0.15, 0.2) is 5.11 Å². The monoisotopic (exact) mass is 261 g/mol. The Balaban J connectivity index is 2.90. The molecule has 0 bridgehead atoms. The molecule has 7 heteroatoms. The Morgan fingerprint density at radius 3 is 2.65 bits per heavy atom. The maximum absolute atomic E-state index is 12.4. The van der Waals surface area contributed by atoms with Crippen LogP contribution in [0.2, 0.25) is 0 Å². The largest absolute Gasteiger partial charge is 0.416 e. The molecule has 3 nitrogen and oxygen atoms in total. The molecule has 0 saturated carbocycles. The molecule has 1 aromatic carbocycles. The predicted molar refractivity (Wildman–Crippen MR) is 63.6 cm³/mol. The van der Waals surface area contributed by atoms with E-state index in [1.54, 1.807) is 0 Å². The molecule has 92 valence electrons. The van der Waals surface area contributed by atoms with Gasteiger partial charge in [0.25, 0.3) is 0 Å². The van der Waals surface area contributed by atoms with Crippen LogP contribution in [0, 0.1) is 0 Å². The summed E-state index contributed by atoms with van der Waals surface area (Å²) in [6.07, 6.45) is -3.10. The number of hydrogen-bond acceptors (Lipinski definition) is 2. The Hall–Kier alpha value is -1.63. The topological polar surface area (TPSA) is 41.6 Å². The molecule has 0 heterocycles. The fourth-order valence-corrected chi connectivity index (χ4v) is 1.05. The van der Waals surface area contributed by atoms with Crippen LogP contribution in [0.4, 0.5) is 13.2 Å². The van der Waals surface area contributed by atoms with Crippen LogP contribution in [0.1, 0.15) is 11.1 Å². The molecule has 0 radical (unpaired) electrons. The van der Waals surface area contributed by atoms with Crippen LogP contribution in [0.25, 0.3) is 0 Å². The summed E-state index contributed by atoms with van der Waals surface area (Å²) in [4.78, 5) is 0. The molecule has 0 aromatic heterocycles. The maximum Gasteiger partial charge on any atom is 0.416 e. The molecule has 1 aromatic rings. The fraction of sp³-hybridized carbons (Fsp3) is 0.200. The van der Waals surface area contributed by atoms with E-state index in [1.807, 2.05) is 0 Å². The van der Waals surface area contributed by atoms with E-state index >= 15 is 0 Å². The number of hydrazone groups is 1. The van der Waals surface area contributed by atoms with E-state index in [1.165, 1.54) is 30.4 Å². The van der Waals surface area contributed by atoms with Gasteiger partial charge in [0, 0.05) is 7.05 Å². The SMILES string of the molecule is CN(N=Cc1cccc(C(F)(F)F)c1)C(N)=S. The average Bonchev–Trinajstić information content (AvgIpc) is 2.25. The van der Waals surface area contributed by atoms with Crippen molar-refractivity contribution < 1.29 is 13.2 Å². The number of alkyl halides is 3. The Morgan fingerprint density at radius 1 is 1.47 bits per heavy atom. The molecular weight excluding hydrogens is 251 g/mol. The summed E-state index contributed by atoms with van der Waals surface area (Å²) in [6.45, 7) is 0. The second kappa shape index (κ2) is 5.13. The smallest absolute Gasteiger partial charge is 0.375 e. The molecule has 0 aliphatic carbocycles. The second-order valence-electron chi connectivity index (χ2n) is 3.23. The highest BCUT2D eigenvalue weighted by Gasteiger charge is 2.30. The first-order chi connectivity index (χ1) is 7.80. The molecule has 0 atom stereocenters. The normalized spacial score (nSPS) is 11.8. The molecule has 17 heavy (non-hydrogen) atoms. The van der Waals surface area contributed by atoms with Gasteiger partial charge in [-0.1, -0.05) is 12.1 Å². The first kappa shape index (κ1) is 13.4. The fourth-order valence-electron chi connectivity index (χ4n) is 1.01. The van der Waals surface area contributed by atoms with Crippen LogP contribution >= 0.6 is 12.2 Å². The second-order valence-corrected chi connectivity index (χ2v) is 3.65. The molecule has 0 spiro atoms. The maximum atomic E-state index is 12.4. The molecule has 2 N–H and O–H groups in total. The average molecular weight is 261 g/mol. The van der Waals surface area contributed by atoms with Crippen molar-refractivity contribution in [1.29, 1.82) is 0 Å². The number of nitrogens with zero attached hydrogens (tertiary/aromatic N) is 2. The summed E-state index contributed by atoms with van der Waals surface area (Å²) < 4.78 is 37.2. The number of nitrogens with two attached hydrogens (primary N) is 1. The van der Waals surface area contributed by atoms with Crippen molar-refractivity contribution in [2.45, 2.75) is 6.18 Å². The number of rotatable bonds is 2. The van der Waals surface area contributed by atoms with Gasteiger partial charge in [0.2, 0.25) is 0 Å². The zero-order valence-electron chi connectivity index (χ0n) is 8.90. The quantitative estimate of drug-likeness (QED) is 0.504. The zero-order valence-corrected chi connectivity index (χ0v) is 9.72. The molecule has 0 amide bonds. The standard InChI is InChI=1S/C10H10F3N3S/c1-16(9(14)17)15-6-7-3-2-4-8(5-7)10(11,12)13/h2-6H,1H3,(H2,14,17). The van der Waals surface area contributed by atoms with E-state index in [-0.39, 0.29) is 5.11 Å². The first-order valence-corrected chi connectivity index (χ1v) is 4.96. The third kappa shape index (κ3) is 4.03. The molecule has 1 rings (SSSR count). The molecule has 0 fully saturated rings. The van der Waals surface area contributed by atoms with Crippen molar-refractivity contribution in [3.63, 3.8) is 0 Å². The number of hydrogen-bond donors (Lipinski definition) is 1. The van der Waals surface area contributed by atoms with Crippen molar-refractivity contribution in [2.24, 2.45) is 10.8 Å². The lowest BCUT2D eigenvalue weighted by molar-refractivity contribution is -0.137. The minimum Gasteiger partial charge on any atom is -0.375 e. The van der Waals surface area contributed by atoms with Gasteiger partial charge in [0.05, 0.1) is 11.8 Å². The lowest BCUT2D eigenvalue weighted by Crippen LogP contribution is -2.27. The lowest BCUT2D eigenvalue weighted by atomic mass is 10.1. The van der Waals surface area contributed by atoms with Crippen LogP contribution in [-0.2, 0) is 6.18 Å². The molecular formula is C10H10F3N3S. The summed E-state index contributed by atoms with van der Waals surface area (Å²) in [5.74, 6) is 0. The molecule has 0 aliphatic rings. The first-order valence-electron chi connectivity index (χ1n) is 4.55. The van der Waals surface area contributed by atoms with Gasteiger partial charge >= 0.3 is 6.18 Å². The van der Waals surface area contributed by atoms with E-state index in [0.717, 1.165) is 12.1 Å². The zero-order chi connectivity index (χ0) is 13.1. The van der Waals surface area contributed by atoms with Crippen molar-refractivity contribution >= 4 is 23.5 Å². The van der Waals surface area contributed by atoms with Crippen molar-refractivity contribution in [3.05, 3.63) is 35.4 Å². The van der Waals surface area contributed by atoms with Crippen LogP contribution in [-0.4, -0.2) is 23.4 Å². The number of thiocarbonyl (C=S) groups is 1. The van der Waals surface area contributed by atoms with Gasteiger partial charge < -0.3 is 5.73 Å². The number of halogens is 3. The van der Waals surface area contributed by atoms with Crippen LogP contribution in [0.5, 0.6) is 0 Å². The number of benzene rings is 1. The molecule has 0 aliphatic heterocycles. The van der Waals surface area contributed by atoms with Crippen molar-refractivity contribution in [2.75, 3.05) is 7.05 Å². The van der Waals surface area contributed by atoms with Crippen LogP contribution in [0.15, 0.2) is 29.4 Å². The van der Waals surface area contributed by atoms with Gasteiger partial charge in [-0.25, -0.2) is 5.01 Å². The van der Waals surface area contributed by atoms with Gasteiger partial charge in [-0.2, -0.15) is 18.3 Å². The van der Waals surface area contributed by atoms with Crippen molar-refractivity contribution in [3.8, 4) is 0 Å². The van der Waals surface area contributed by atoms with E-state index in [2.05, 4.69) is 17.3 Å². The molecule has 0 unspecified atom stereocenters. The van der Waals surface area contributed by atoms with E-state index in [9.17, 15) is 13.2 Å². The third-order valence-electron chi connectivity index (χ3n) is 1.91. The highest BCUT2D eigenvalue weighted by atomic mass is 32.1. The lowest BCUT2D eigenvalue weighted by Gasteiger charge is -2.09. The third-order valence-corrected chi connectivity index (χ3v) is 2.18. The molecule has 0 saturated heterocycles. The highest BCUT2D eigenvalue weighted by molar-refractivity contribution is 7.80. The van der Waals surface area contributed by atoms with E-state index in [0.29, 0.717) is 5.56 Å². The highest BCUT2D eigenvalue weighted by Crippen LogP contribution is 2.29. The Labute approximate surface area is 102 Å². The Bertz CT molecular complexity index is 443. The van der Waals surface area contributed by atoms with E-state index < -0.39 is 11.7 Å². The minimum atomic E-state index is -4.36. The summed E-state index contributed by atoms with van der Waals surface area (Å²) in [6, 6.07) is 4.81. The summed E-state index contributed by atoms with van der Waals surface area (Å²) in [5.41, 5.74) is 4.86. The minimum absolute atomic E-state index is 0.0354. The summed E-state index contributed by atoms with van der Waals surface area (Å²) in [5, 5.41) is 5.02.